The highest BCUT2D eigenvalue weighted by molar-refractivity contribution is 5.94. The monoisotopic (exact) mass is 367 g/mol. The Morgan fingerprint density at radius 3 is 2.19 bits per heavy atom. The molecule has 27 heavy (non-hydrogen) atoms. The number of nitrogens with one attached hydrogen (secondary N) is 2. The molecule has 5 heteroatoms. The Morgan fingerprint density at radius 1 is 0.926 bits per heavy atom. The van der Waals surface area contributed by atoms with Gasteiger partial charge in [0.25, 0.3) is 5.91 Å². The standard InChI is InChI=1S/C22H29N3O2/c1-16(2)17-10-12-18(13-11-17)20(23)15-25-21(26)9-6-14-24-22(27)19-7-4-3-5-8-19/h3-5,7-8,10-13,16,20H,6,9,14-15,23H2,1-2H3,(H,24,27)(H,25,26). The van der Waals surface area contributed by atoms with Crippen molar-refractivity contribution in [2.24, 2.45) is 5.73 Å². The maximum atomic E-state index is 12.0. The van der Waals surface area contributed by atoms with E-state index in [1.807, 2.05) is 30.3 Å². The van der Waals surface area contributed by atoms with Gasteiger partial charge in [-0.1, -0.05) is 56.3 Å². The highest BCUT2D eigenvalue weighted by atomic mass is 16.2. The Morgan fingerprint density at radius 2 is 1.56 bits per heavy atom. The first-order valence-electron chi connectivity index (χ1n) is 9.42. The van der Waals surface area contributed by atoms with E-state index in [1.54, 1.807) is 12.1 Å². The van der Waals surface area contributed by atoms with E-state index < -0.39 is 0 Å². The van der Waals surface area contributed by atoms with Crippen molar-refractivity contribution in [3.8, 4) is 0 Å². The number of benzene rings is 2. The predicted octanol–water partition coefficient (Wildman–Crippen LogP) is 3.14. The lowest BCUT2D eigenvalue weighted by Gasteiger charge is -2.14. The zero-order valence-corrected chi connectivity index (χ0v) is 16.1. The van der Waals surface area contributed by atoms with Crippen LogP contribution in [0.5, 0.6) is 0 Å². The third-order valence-electron chi connectivity index (χ3n) is 4.45. The molecule has 2 amide bonds. The summed E-state index contributed by atoms with van der Waals surface area (Å²) in [6, 6.07) is 17.0. The fraction of sp³-hybridized carbons (Fsp3) is 0.364. The van der Waals surface area contributed by atoms with Crippen LogP contribution in [-0.2, 0) is 4.79 Å². The number of nitrogens with two attached hydrogens (primary N) is 1. The van der Waals surface area contributed by atoms with E-state index in [-0.39, 0.29) is 17.9 Å². The molecule has 0 spiro atoms. The highest BCUT2D eigenvalue weighted by Gasteiger charge is 2.09. The Balaban J connectivity index is 1.65. The minimum atomic E-state index is -0.229. The molecule has 144 valence electrons. The molecule has 4 N–H and O–H groups in total. The van der Waals surface area contributed by atoms with Crippen molar-refractivity contribution in [1.82, 2.24) is 10.6 Å². The molecule has 0 aromatic heterocycles. The number of hydrogen-bond acceptors (Lipinski definition) is 3. The maximum Gasteiger partial charge on any atom is 0.251 e. The number of carbonyl (C=O) groups excluding carboxylic acids is 2. The van der Waals surface area contributed by atoms with Crippen LogP contribution in [0.25, 0.3) is 0 Å². The molecule has 5 nitrogen and oxygen atoms in total. The molecule has 0 bridgehead atoms. The van der Waals surface area contributed by atoms with E-state index in [4.69, 9.17) is 5.73 Å². The minimum absolute atomic E-state index is 0.0572. The lowest BCUT2D eigenvalue weighted by Crippen LogP contribution is -2.32. The van der Waals surface area contributed by atoms with Gasteiger partial charge in [0.05, 0.1) is 0 Å². The molecule has 0 fully saturated rings. The minimum Gasteiger partial charge on any atom is -0.354 e. The molecule has 0 saturated carbocycles. The molecule has 1 atom stereocenters. The second-order valence-corrected chi connectivity index (χ2v) is 6.96. The van der Waals surface area contributed by atoms with Gasteiger partial charge in [-0.05, 0) is 35.6 Å². The van der Waals surface area contributed by atoms with E-state index in [1.165, 1.54) is 5.56 Å². The molecule has 0 saturated heterocycles. The third-order valence-corrected chi connectivity index (χ3v) is 4.45. The summed E-state index contributed by atoms with van der Waals surface area (Å²) in [7, 11) is 0. The fourth-order valence-corrected chi connectivity index (χ4v) is 2.70. The van der Waals surface area contributed by atoms with Crippen molar-refractivity contribution in [2.75, 3.05) is 13.1 Å². The molecule has 2 aromatic rings. The van der Waals surface area contributed by atoms with E-state index in [9.17, 15) is 9.59 Å². The van der Waals surface area contributed by atoms with Crippen LogP contribution in [0.4, 0.5) is 0 Å². The van der Waals surface area contributed by atoms with Gasteiger partial charge in [-0.15, -0.1) is 0 Å². The Kier molecular flexibility index (Phi) is 8.01. The van der Waals surface area contributed by atoms with Crippen LogP contribution in [-0.4, -0.2) is 24.9 Å². The summed E-state index contributed by atoms with van der Waals surface area (Å²) in [6.45, 7) is 5.16. The largest absolute Gasteiger partial charge is 0.354 e. The quantitative estimate of drug-likeness (QED) is 0.595. The Labute approximate surface area is 161 Å². The van der Waals surface area contributed by atoms with Crippen LogP contribution in [0.15, 0.2) is 54.6 Å². The van der Waals surface area contributed by atoms with Crippen molar-refractivity contribution in [3.63, 3.8) is 0 Å². The highest BCUT2D eigenvalue weighted by Crippen LogP contribution is 2.17. The predicted molar refractivity (Wildman–Crippen MR) is 108 cm³/mol. The lowest BCUT2D eigenvalue weighted by molar-refractivity contribution is -0.121. The van der Waals surface area contributed by atoms with Crippen molar-refractivity contribution < 1.29 is 9.59 Å². The summed E-state index contributed by atoms with van der Waals surface area (Å²) in [4.78, 5) is 23.9. The second kappa shape index (κ2) is 10.5. The van der Waals surface area contributed by atoms with Crippen molar-refractivity contribution >= 4 is 11.8 Å². The average molecular weight is 367 g/mol. The van der Waals surface area contributed by atoms with Gasteiger partial charge in [0.2, 0.25) is 5.91 Å². The molecule has 0 radical (unpaired) electrons. The first-order chi connectivity index (χ1) is 13.0. The van der Waals surface area contributed by atoms with E-state index in [0.29, 0.717) is 37.4 Å². The molecule has 2 rings (SSSR count). The fourth-order valence-electron chi connectivity index (χ4n) is 2.70. The lowest BCUT2D eigenvalue weighted by atomic mass is 9.99. The smallest absolute Gasteiger partial charge is 0.251 e. The van der Waals surface area contributed by atoms with Crippen molar-refractivity contribution in [3.05, 3.63) is 71.3 Å². The van der Waals surface area contributed by atoms with E-state index >= 15 is 0 Å². The van der Waals surface area contributed by atoms with Gasteiger partial charge in [0.15, 0.2) is 0 Å². The molecule has 0 aliphatic rings. The van der Waals surface area contributed by atoms with Gasteiger partial charge >= 0.3 is 0 Å². The number of hydrogen-bond donors (Lipinski definition) is 3. The maximum absolute atomic E-state index is 12.0. The molecule has 2 aromatic carbocycles. The summed E-state index contributed by atoms with van der Waals surface area (Å²) in [5.74, 6) is 0.304. The first kappa shape index (κ1) is 20.6. The zero-order chi connectivity index (χ0) is 19.6. The van der Waals surface area contributed by atoms with Crippen LogP contribution in [0.2, 0.25) is 0 Å². The summed E-state index contributed by atoms with van der Waals surface area (Å²) < 4.78 is 0. The molecule has 0 aliphatic carbocycles. The van der Waals surface area contributed by atoms with Gasteiger partial charge in [-0.2, -0.15) is 0 Å². The van der Waals surface area contributed by atoms with Gasteiger partial charge in [0, 0.05) is 31.1 Å². The molecule has 1 unspecified atom stereocenters. The van der Waals surface area contributed by atoms with Crippen LogP contribution in [0, 0.1) is 0 Å². The van der Waals surface area contributed by atoms with Crippen LogP contribution in [0.3, 0.4) is 0 Å². The normalized spacial score (nSPS) is 11.9. The van der Waals surface area contributed by atoms with Crippen LogP contribution >= 0.6 is 0 Å². The molecule has 0 heterocycles. The topological polar surface area (TPSA) is 84.2 Å². The summed E-state index contributed by atoms with van der Waals surface area (Å²) in [5, 5.41) is 5.68. The van der Waals surface area contributed by atoms with Gasteiger partial charge in [-0.25, -0.2) is 0 Å². The summed E-state index contributed by atoms with van der Waals surface area (Å²) in [6.07, 6.45) is 0.941. The van der Waals surface area contributed by atoms with Crippen LogP contribution < -0.4 is 16.4 Å². The van der Waals surface area contributed by atoms with Crippen LogP contribution in [0.1, 0.15) is 60.1 Å². The summed E-state index contributed by atoms with van der Waals surface area (Å²) >= 11 is 0. The van der Waals surface area contributed by atoms with Crippen molar-refractivity contribution in [1.29, 1.82) is 0 Å². The number of amides is 2. The molecule has 0 aliphatic heterocycles. The Hall–Kier alpha value is -2.66. The molecular weight excluding hydrogens is 338 g/mol. The Bertz CT molecular complexity index is 727. The second-order valence-electron chi connectivity index (χ2n) is 6.96. The first-order valence-corrected chi connectivity index (χ1v) is 9.42. The van der Waals surface area contributed by atoms with E-state index in [2.05, 4.69) is 36.6 Å². The average Bonchev–Trinajstić information content (AvgIpc) is 2.70. The van der Waals surface area contributed by atoms with Gasteiger partial charge < -0.3 is 16.4 Å². The number of carbonyl (C=O) groups is 2. The SMILES string of the molecule is CC(C)c1ccc(C(N)CNC(=O)CCCNC(=O)c2ccccc2)cc1. The van der Waals surface area contributed by atoms with Crippen molar-refractivity contribution in [2.45, 2.75) is 38.6 Å². The van der Waals surface area contributed by atoms with E-state index in [0.717, 1.165) is 5.56 Å². The zero-order valence-electron chi connectivity index (χ0n) is 16.1. The number of rotatable bonds is 9. The van der Waals surface area contributed by atoms with Gasteiger partial charge in [-0.3, -0.25) is 9.59 Å². The summed E-state index contributed by atoms with van der Waals surface area (Å²) in [5.41, 5.74) is 9.06. The van der Waals surface area contributed by atoms with Gasteiger partial charge in [0.1, 0.15) is 0 Å². The molecular formula is C22H29N3O2. The third kappa shape index (κ3) is 6.87.